The molecular formula is C19H24O3. The van der Waals surface area contributed by atoms with Crippen molar-refractivity contribution >= 4 is 5.78 Å². The molecule has 0 amide bonds. The van der Waals surface area contributed by atoms with Crippen molar-refractivity contribution < 1.29 is 14.6 Å². The molecule has 0 radical (unpaired) electrons. The SMILES string of the molecule is C/C=C(\C=C(\O)CC(=O)c1ccccc1)OC1CCCCC1. The van der Waals surface area contributed by atoms with E-state index in [1.54, 1.807) is 18.2 Å². The van der Waals surface area contributed by atoms with Crippen LogP contribution in [0, 0.1) is 0 Å². The molecule has 0 bridgehead atoms. The monoisotopic (exact) mass is 300 g/mol. The zero-order chi connectivity index (χ0) is 15.8. The molecule has 2 rings (SSSR count). The Hall–Kier alpha value is -2.03. The molecule has 1 aliphatic carbocycles. The number of rotatable bonds is 6. The summed E-state index contributed by atoms with van der Waals surface area (Å²) in [6.45, 7) is 1.88. The molecule has 3 nitrogen and oxygen atoms in total. The summed E-state index contributed by atoms with van der Waals surface area (Å²) in [5, 5.41) is 10.0. The second-order valence-electron chi connectivity index (χ2n) is 5.67. The van der Waals surface area contributed by atoms with E-state index >= 15 is 0 Å². The molecule has 1 saturated carbocycles. The molecule has 22 heavy (non-hydrogen) atoms. The Morgan fingerprint density at radius 2 is 1.91 bits per heavy atom. The summed E-state index contributed by atoms with van der Waals surface area (Å²) in [4.78, 5) is 12.1. The smallest absolute Gasteiger partial charge is 0.170 e. The third kappa shape index (κ3) is 5.06. The average molecular weight is 300 g/mol. The minimum Gasteiger partial charge on any atom is -0.512 e. The number of hydrogen-bond donors (Lipinski definition) is 1. The van der Waals surface area contributed by atoms with Crippen LogP contribution >= 0.6 is 0 Å². The fourth-order valence-electron chi connectivity index (χ4n) is 2.67. The molecule has 0 spiro atoms. The van der Waals surface area contributed by atoms with E-state index in [2.05, 4.69) is 0 Å². The lowest BCUT2D eigenvalue weighted by Crippen LogP contribution is -2.16. The molecule has 1 aliphatic rings. The largest absolute Gasteiger partial charge is 0.512 e. The summed E-state index contributed by atoms with van der Waals surface area (Å²) in [6, 6.07) is 9.01. The van der Waals surface area contributed by atoms with E-state index in [9.17, 15) is 9.90 Å². The van der Waals surface area contributed by atoms with Crippen molar-refractivity contribution in [2.75, 3.05) is 0 Å². The predicted molar refractivity (Wildman–Crippen MR) is 87.8 cm³/mol. The van der Waals surface area contributed by atoms with Gasteiger partial charge in [-0.05, 0) is 38.7 Å². The maximum absolute atomic E-state index is 12.1. The lowest BCUT2D eigenvalue weighted by Gasteiger charge is -2.23. The highest BCUT2D eigenvalue weighted by Crippen LogP contribution is 2.23. The Kier molecular flexibility index (Phi) is 6.26. The number of hydrogen-bond acceptors (Lipinski definition) is 3. The number of benzene rings is 1. The van der Waals surface area contributed by atoms with E-state index in [0.29, 0.717) is 11.3 Å². The van der Waals surface area contributed by atoms with Crippen LogP contribution in [0.2, 0.25) is 0 Å². The number of aliphatic hydroxyl groups is 1. The van der Waals surface area contributed by atoms with E-state index < -0.39 is 0 Å². The highest BCUT2D eigenvalue weighted by atomic mass is 16.5. The third-order valence-electron chi connectivity index (χ3n) is 3.89. The zero-order valence-corrected chi connectivity index (χ0v) is 13.1. The number of allylic oxidation sites excluding steroid dienone is 3. The van der Waals surface area contributed by atoms with Crippen LogP contribution in [0.1, 0.15) is 55.8 Å². The number of ether oxygens (including phenoxy) is 1. The minimum atomic E-state index is -0.0949. The molecule has 1 aromatic rings. The van der Waals surface area contributed by atoms with E-state index in [4.69, 9.17) is 4.74 Å². The van der Waals surface area contributed by atoms with Gasteiger partial charge < -0.3 is 9.84 Å². The van der Waals surface area contributed by atoms with E-state index in [1.165, 1.54) is 19.3 Å². The average Bonchev–Trinajstić information content (AvgIpc) is 2.56. The first-order valence-electron chi connectivity index (χ1n) is 8.00. The van der Waals surface area contributed by atoms with Gasteiger partial charge in [-0.3, -0.25) is 4.79 Å². The van der Waals surface area contributed by atoms with Crippen molar-refractivity contribution in [3.05, 3.63) is 59.6 Å². The van der Waals surface area contributed by atoms with Crippen LogP contribution in [0.25, 0.3) is 0 Å². The summed E-state index contributed by atoms with van der Waals surface area (Å²) in [6.07, 6.45) is 9.42. The van der Waals surface area contributed by atoms with Crippen molar-refractivity contribution in [3.8, 4) is 0 Å². The predicted octanol–water partition coefficient (Wildman–Crippen LogP) is 4.95. The van der Waals surface area contributed by atoms with Crippen molar-refractivity contribution in [3.63, 3.8) is 0 Å². The van der Waals surface area contributed by atoms with Gasteiger partial charge in [-0.15, -0.1) is 0 Å². The standard InChI is InChI=1S/C19H24O3/c1-2-17(22-18-11-7-4-8-12-18)13-16(20)14-19(21)15-9-5-3-6-10-15/h2-3,5-6,9-10,13,18,20H,4,7-8,11-12,14H2,1H3/b16-13+,17-2+. The molecule has 1 N–H and O–H groups in total. The highest BCUT2D eigenvalue weighted by molar-refractivity contribution is 5.97. The fourth-order valence-corrected chi connectivity index (χ4v) is 2.67. The maximum Gasteiger partial charge on any atom is 0.170 e. The van der Waals surface area contributed by atoms with Gasteiger partial charge in [0.1, 0.15) is 11.5 Å². The van der Waals surface area contributed by atoms with Gasteiger partial charge in [0.2, 0.25) is 0 Å². The van der Waals surface area contributed by atoms with E-state index in [-0.39, 0.29) is 24.1 Å². The molecule has 0 heterocycles. The van der Waals surface area contributed by atoms with Crippen molar-refractivity contribution in [1.29, 1.82) is 0 Å². The first kappa shape index (κ1) is 16.3. The molecule has 3 heteroatoms. The van der Waals surface area contributed by atoms with Crippen LogP contribution in [0.15, 0.2) is 54.0 Å². The molecule has 1 fully saturated rings. The highest BCUT2D eigenvalue weighted by Gasteiger charge is 2.15. The minimum absolute atomic E-state index is 0.00458. The van der Waals surface area contributed by atoms with Gasteiger partial charge >= 0.3 is 0 Å². The quantitative estimate of drug-likeness (QED) is 0.459. The molecule has 0 atom stereocenters. The number of aliphatic hydroxyl groups excluding tert-OH is 1. The van der Waals surface area contributed by atoms with Crippen LogP contribution in [-0.4, -0.2) is 17.0 Å². The Morgan fingerprint density at radius 1 is 1.23 bits per heavy atom. The molecule has 0 saturated heterocycles. The number of carbonyl (C=O) groups is 1. The molecular weight excluding hydrogens is 276 g/mol. The van der Waals surface area contributed by atoms with Gasteiger partial charge in [-0.2, -0.15) is 0 Å². The molecule has 118 valence electrons. The van der Waals surface area contributed by atoms with Gasteiger partial charge in [-0.25, -0.2) is 0 Å². The second kappa shape index (κ2) is 8.42. The van der Waals surface area contributed by atoms with Crippen molar-refractivity contribution in [1.82, 2.24) is 0 Å². The summed E-state index contributed by atoms with van der Waals surface area (Å²) in [7, 11) is 0. The Labute approximate surface area is 132 Å². The van der Waals surface area contributed by atoms with Crippen molar-refractivity contribution in [2.45, 2.75) is 51.6 Å². The summed E-state index contributed by atoms with van der Waals surface area (Å²) < 4.78 is 5.91. The number of carbonyl (C=O) groups excluding carboxylic acids is 1. The Balaban J connectivity index is 1.92. The zero-order valence-electron chi connectivity index (χ0n) is 13.1. The summed E-state index contributed by atoms with van der Waals surface area (Å²) in [5.41, 5.74) is 0.609. The molecule has 1 aromatic carbocycles. The lowest BCUT2D eigenvalue weighted by atomic mass is 9.98. The van der Waals surface area contributed by atoms with Gasteiger partial charge in [-0.1, -0.05) is 36.8 Å². The normalized spacial score (nSPS) is 17.3. The van der Waals surface area contributed by atoms with Crippen LogP contribution in [-0.2, 0) is 4.74 Å². The van der Waals surface area contributed by atoms with Crippen LogP contribution in [0.3, 0.4) is 0 Å². The molecule has 0 aliphatic heterocycles. The van der Waals surface area contributed by atoms with Gasteiger partial charge in [0, 0.05) is 11.6 Å². The van der Waals surface area contributed by atoms with Gasteiger partial charge in [0.15, 0.2) is 5.78 Å². The first-order chi connectivity index (χ1) is 10.7. The Morgan fingerprint density at radius 3 is 2.55 bits per heavy atom. The van der Waals surface area contributed by atoms with Crippen LogP contribution in [0.5, 0.6) is 0 Å². The van der Waals surface area contributed by atoms with Gasteiger partial charge in [0.25, 0.3) is 0 Å². The molecule has 0 unspecified atom stereocenters. The summed E-state index contributed by atoms with van der Waals surface area (Å²) in [5.74, 6) is 0.588. The lowest BCUT2D eigenvalue weighted by molar-refractivity contribution is 0.0886. The second-order valence-corrected chi connectivity index (χ2v) is 5.67. The number of ketones is 1. The maximum atomic E-state index is 12.1. The van der Waals surface area contributed by atoms with Crippen molar-refractivity contribution in [2.24, 2.45) is 0 Å². The fraction of sp³-hybridized carbons (Fsp3) is 0.421. The Bertz CT molecular complexity index is 537. The first-order valence-corrected chi connectivity index (χ1v) is 8.00. The van der Waals surface area contributed by atoms with Crippen LogP contribution in [0.4, 0.5) is 0 Å². The molecule has 0 aromatic heterocycles. The van der Waals surface area contributed by atoms with E-state index in [1.807, 2.05) is 31.2 Å². The number of Topliss-reactive ketones (excluding diaryl/α,β-unsaturated/α-hetero) is 1. The topological polar surface area (TPSA) is 46.5 Å². The van der Waals surface area contributed by atoms with E-state index in [0.717, 1.165) is 12.8 Å². The van der Waals surface area contributed by atoms with Crippen LogP contribution < -0.4 is 0 Å². The third-order valence-corrected chi connectivity index (χ3v) is 3.89. The summed E-state index contributed by atoms with van der Waals surface area (Å²) >= 11 is 0. The van der Waals surface area contributed by atoms with Gasteiger partial charge in [0.05, 0.1) is 12.5 Å².